The zero-order valence-corrected chi connectivity index (χ0v) is 25.8. The molecule has 2 aliphatic heterocycles. The first-order chi connectivity index (χ1) is 22.1. The van der Waals surface area contributed by atoms with Gasteiger partial charge in [0.15, 0.2) is 23.1 Å². The summed E-state index contributed by atoms with van der Waals surface area (Å²) in [5.74, 6) is 1.22. The summed E-state index contributed by atoms with van der Waals surface area (Å²) in [6.07, 6.45) is 5.44. The van der Waals surface area contributed by atoms with Crippen molar-refractivity contribution in [3.8, 4) is 23.0 Å². The van der Waals surface area contributed by atoms with E-state index >= 15 is 4.39 Å². The summed E-state index contributed by atoms with van der Waals surface area (Å²) in [5.41, 5.74) is 2.23. The molecule has 1 aromatic heterocycles. The number of morpholine rings is 1. The van der Waals surface area contributed by atoms with Crippen molar-refractivity contribution >= 4 is 16.8 Å². The van der Waals surface area contributed by atoms with Gasteiger partial charge in [-0.3, -0.25) is 14.7 Å². The number of ether oxygens (including phenoxy) is 4. The molecule has 0 spiro atoms. The van der Waals surface area contributed by atoms with Crippen LogP contribution in [-0.2, 0) is 11.2 Å². The number of hydrogen-bond donors (Lipinski definition) is 0. The number of methoxy groups -OCH3 is 1. The fourth-order valence-corrected chi connectivity index (χ4v) is 6.17. The normalized spacial score (nSPS) is 17.3. The van der Waals surface area contributed by atoms with Crippen molar-refractivity contribution in [1.29, 1.82) is 0 Å². The summed E-state index contributed by atoms with van der Waals surface area (Å²) < 4.78 is 38.5. The minimum Gasteiger partial charge on any atom is -0.493 e. The molecule has 2 aliphatic rings. The van der Waals surface area contributed by atoms with Gasteiger partial charge >= 0.3 is 0 Å². The standard InChI is InChI=1S/C36H40FN3O5/c1-42-34-23-29-31(24-35(34)44-18-6-14-39-16-19-43-20-17-39)38-13-12-32(29)45-33-11-10-28(22-30(33)37)36(41)40-15-5-9-27(25-40)21-26-7-3-2-4-8-26/h2-4,7-8,10-13,22-24,27H,5-6,9,14-21,25H2,1H3. The molecule has 3 heterocycles. The highest BCUT2D eigenvalue weighted by atomic mass is 19.1. The Bertz CT molecular complexity index is 1590. The van der Waals surface area contributed by atoms with Crippen molar-refractivity contribution < 1.29 is 28.1 Å². The lowest BCUT2D eigenvalue weighted by atomic mass is 9.91. The van der Waals surface area contributed by atoms with Crippen LogP contribution in [0.4, 0.5) is 4.39 Å². The third-order valence-electron chi connectivity index (χ3n) is 8.54. The van der Waals surface area contributed by atoms with E-state index in [1.807, 2.05) is 29.2 Å². The maximum atomic E-state index is 15.4. The molecule has 6 rings (SSSR count). The van der Waals surface area contributed by atoms with E-state index in [0.29, 0.717) is 59.3 Å². The minimum atomic E-state index is -0.601. The zero-order chi connectivity index (χ0) is 31.0. The van der Waals surface area contributed by atoms with Gasteiger partial charge in [-0.25, -0.2) is 4.39 Å². The van der Waals surface area contributed by atoms with Crippen LogP contribution < -0.4 is 14.2 Å². The van der Waals surface area contributed by atoms with E-state index in [4.69, 9.17) is 18.9 Å². The maximum Gasteiger partial charge on any atom is 0.253 e. The Morgan fingerprint density at radius 1 is 0.978 bits per heavy atom. The number of fused-ring (bicyclic) bond motifs is 1. The topological polar surface area (TPSA) is 73.4 Å². The molecule has 4 aromatic rings. The van der Waals surface area contributed by atoms with Crippen LogP contribution in [0.15, 0.2) is 72.9 Å². The van der Waals surface area contributed by atoms with Crippen LogP contribution in [0.25, 0.3) is 10.9 Å². The van der Waals surface area contributed by atoms with Crippen molar-refractivity contribution in [1.82, 2.24) is 14.8 Å². The van der Waals surface area contributed by atoms with Crippen LogP contribution >= 0.6 is 0 Å². The van der Waals surface area contributed by atoms with Crippen molar-refractivity contribution in [2.45, 2.75) is 25.7 Å². The van der Waals surface area contributed by atoms with Gasteiger partial charge in [-0.05, 0) is 67.5 Å². The first-order valence-corrected chi connectivity index (χ1v) is 15.8. The molecule has 1 unspecified atom stereocenters. The average Bonchev–Trinajstić information content (AvgIpc) is 3.08. The number of carbonyl (C=O) groups excluding carboxylic acids is 1. The highest BCUT2D eigenvalue weighted by Gasteiger charge is 2.25. The summed E-state index contributed by atoms with van der Waals surface area (Å²) >= 11 is 0. The number of rotatable bonds is 11. The lowest BCUT2D eigenvalue weighted by Gasteiger charge is -2.33. The molecule has 45 heavy (non-hydrogen) atoms. The second-order valence-electron chi connectivity index (χ2n) is 11.7. The van der Waals surface area contributed by atoms with Gasteiger partial charge in [0.05, 0.1) is 32.4 Å². The Hall–Kier alpha value is -4.21. The Morgan fingerprint density at radius 3 is 2.62 bits per heavy atom. The SMILES string of the molecule is COc1cc2c(Oc3ccc(C(=O)N4CCCC(Cc5ccccc5)C4)cc3F)ccnc2cc1OCCCN1CCOCC1. The van der Waals surface area contributed by atoms with E-state index in [-0.39, 0.29) is 11.7 Å². The molecule has 236 valence electrons. The van der Waals surface area contributed by atoms with Crippen LogP contribution in [0.2, 0.25) is 0 Å². The van der Waals surface area contributed by atoms with E-state index in [1.165, 1.54) is 17.7 Å². The second kappa shape index (κ2) is 14.7. The number of hydrogen-bond acceptors (Lipinski definition) is 7. The molecule has 1 amide bonds. The largest absolute Gasteiger partial charge is 0.493 e. The molecule has 3 aromatic carbocycles. The van der Waals surface area contributed by atoms with E-state index in [2.05, 4.69) is 22.0 Å². The van der Waals surface area contributed by atoms with Crippen LogP contribution in [-0.4, -0.2) is 80.3 Å². The van der Waals surface area contributed by atoms with E-state index in [1.54, 1.807) is 31.5 Å². The number of benzene rings is 3. The first-order valence-electron chi connectivity index (χ1n) is 15.8. The molecule has 0 aliphatic carbocycles. The quantitative estimate of drug-likeness (QED) is 0.182. The van der Waals surface area contributed by atoms with Crippen molar-refractivity contribution in [2.24, 2.45) is 5.92 Å². The number of amides is 1. The van der Waals surface area contributed by atoms with Crippen LogP contribution in [0, 0.1) is 11.7 Å². The Balaban J connectivity index is 1.11. The molecular formula is C36H40FN3O5. The zero-order valence-electron chi connectivity index (χ0n) is 25.8. The lowest BCUT2D eigenvalue weighted by Crippen LogP contribution is -2.40. The van der Waals surface area contributed by atoms with Gasteiger partial charge in [-0.2, -0.15) is 0 Å². The summed E-state index contributed by atoms with van der Waals surface area (Å²) in [6.45, 7) is 6.26. The fraction of sp³-hybridized carbons (Fsp3) is 0.389. The Morgan fingerprint density at radius 2 is 1.82 bits per heavy atom. The number of pyridine rings is 1. The molecule has 2 fully saturated rings. The molecule has 8 nitrogen and oxygen atoms in total. The third-order valence-corrected chi connectivity index (χ3v) is 8.54. The Labute approximate surface area is 263 Å². The van der Waals surface area contributed by atoms with Gasteiger partial charge in [-0.1, -0.05) is 30.3 Å². The molecule has 0 saturated carbocycles. The lowest BCUT2D eigenvalue weighted by molar-refractivity contribution is 0.0357. The minimum absolute atomic E-state index is 0.0297. The van der Waals surface area contributed by atoms with Crippen molar-refractivity contribution in [3.63, 3.8) is 0 Å². The van der Waals surface area contributed by atoms with Gasteiger partial charge in [0.2, 0.25) is 0 Å². The fourth-order valence-electron chi connectivity index (χ4n) is 6.17. The molecular weight excluding hydrogens is 573 g/mol. The first kappa shape index (κ1) is 30.8. The monoisotopic (exact) mass is 613 g/mol. The highest BCUT2D eigenvalue weighted by molar-refractivity contribution is 5.94. The summed E-state index contributed by atoms with van der Waals surface area (Å²) in [7, 11) is 1.58. The van der Waals surface area contributed by atoms with Gasteiger partial charge in [0, 0.05) is 55.9 Å². The summed E-state index contributed by atoms with van der Waals surface area (Å²) in [4.78, 5) is 22.0. The number of aromatic nitrogens is 1. The summed E-state index contributed by atoms with van der Waals surface area (Å²) in [5, 5.41) is 0.660. The average molecular weight is 614 g/mol. The highest BCUT2D eigenvalue weighted by Crippen LogP contribution is 2.38. The number of carbonyl (C=O) groups is 1. The van der Waals surface area contributed by atoms with E-state index in [9.17, 15) is 4.79 Å². The second-order valence-corrected chi connectivity index (χ2v) is 11.7. The van der Waals surface area contributed by atoms with Gasteiger partial charge in [0.25, 0.3) is 5.91 Å². The van der Waals surface area contributed by atoms with Crippen molar-refractivity contribution in [2.75, 3.05) is 59.7 Å². The number of halogens is 1. The molecule has 0 radical (unpaired) electrons. The number of nitrogens with zero attached hydrogens (tertiary/aromatic N) is 3. The third kappa shape index (κ3) is 7.72. The van der Waals surface area contributed by atoms with Crippen LogP contribution in [0.3, 0.4) is 0 Å². The molecule has 0 bridgehead atoms. The van der Waals surface area contributed by atoms with Gasteiger partial charge in [-0.15, -0.1) is 0 Å². The molecule has 9 heteroatoms. The van der Waals surface area contributed by atoms with Crippen molar-refractivity contribution in [3.05, 3.63) is 89.9 Å². The van der Waals surface area contributed by atoms with Gasteiger partial charge in [0.1, 0.15) is 5.75 Å². The van der Waals surface area contributed by atoms with Gasteiger partial charge < -0.3 is 23.8 Å². The maximum absolute atomic E-state index is 15.4. The van der Waals surface area contributed by atoms with Crippen LogP contribution in [0.5, 0.6) is 23.0 Å². The Kier molecular flexibility index (Phi) is 10.1. The predicted octanol–water partition coefficient (Wildman–Crippen LogP) is 6.37. The molecule has 0 N–H and O–H groups in total. The molecule has 2 saturated heterocycles. The van der Waals surface area contributed by atoms with Crippen LogP contribution in [0.1, 0.15) is 35.2 Å². The smallest absolute Gasteiger partial charge is 0.253 e. The number of likely N-dealkylation sites (tertiary alicyclic amines) is 1. The summed E-state index contributed by atoms with van der Waals surface area (Å²) in [6, 6.07) is 20.1. The van der Waals surface area contributed by atoms with E-state index < -0.39 is 5.82 Å². The molecule has 1 atom stereocenters. The van der Waals surface area contributed by atoms with E-state index in [0.717, 1.165) is 58.5 Å². The number of piperidine rings is 1. The predicted molar refractivity (Wildman–Crippen MR) is 171 cm³/mol.